The number of rotatable bonds is 4. The van der Waals surface area contributed by atoms with E-state index in [-0.39, 0.29) is 11.8 Å². The largest absolute Gasteiger partial charge is 0.326 e. The number of hydrazone groups is 1. The Labute approximate surface area is 143 Å². The smallest absolute Gasteiger partial charge is 0.271 e. The van der Waals surface area contributed by atoms with Crippen LogP contribution in [0.2, 0.25) is 10.0 Å². The van der Waals surface area contributed by atoms with E-state index in [4.69, 9.17) is 23.2 Å². The average Bonchev–Trinajstić information content (AvgIpc) is 2.50. The first kappa shape index (κ1) is 17.0. The van der Waals surface area contributed by atoms with Gasteiger partial charge < -0.3 is 5.32 Å². The van der Waals surface area contributed by atoms with Crippen LogP contribution in [-0.4, -0.2) is 18.0 Å². The molecule has 118 valence electrons. The topological polar surface area (TPSA) is 70.6 Å². The standard InChI is InChI=1S/C16H13Cl2N3O2/c1-10(22)20-12-7-5-11(6-8-12)16(23)21-19-9-13-14(17)3-2-4-15(13)18/h2-9H,1H3,(H,20,22)(H,21,23). The minimum absolute atomic E-state index is 0.177. The highest BCUT2D eigenvalue weighted by atomic mass is 35.5. The Morgan fingerprint density at radius 1 is 1.04 bits per heavy atom. The van der Waals surface area contributed by atoms with Crippen LogP contribution >= 0.6 is 23.2 Å². The molecule has 0 saturated heterocycles. The Hall–Kier alpha value is -2.37. The number of carbonyl (C=O) groups excluding carboxylic acids is 2. The van der Waals surface area contributed by atoms with Gasteiger partial charge in [0.15, 0.2) is 0 Å². The van der Waals surface area contributed by atoms with Crippen molar-refractivity contribution in [3.8, 4) is 0 Å². The van der Waals surface area contributed by atoms with Gasteiger partial charge in [-0.3, -0.25) is 9.59 Å². The molecule has 2 aromatic rings. The number of anilines is 1. The highest BCUT2D eigenvalue weighted by Crippen LogP contribution is 2.22. The zero-order valence-electron chi connectivity index (χ0n) is 12.1. The Bertz CT molecular complexity index is 738. The zero-order valence-corrected chi connectivity index (χ0v) is 13.7. The summed E-state index contributed by atoms with van der Waals surface area (Å²) in [6.45, 7) is 1.41. The summed E-state index contributed by atoms with van der Waals surface area (Å²) in [5, 5.41) is 7.35. The number of nitrogens with one attached hydrogen (secondary N) is 2. The van der Waals surface area contributed by atoms with Gasteiger partial charge in [-0.2, -0.15) is 5.10 Å². The lowest BCUT2D eigenvalue weighted by molar-refractivity contribution is -0.114. The summed E-state index contributed by atoms with van der Waals surface area (Å²) < 4.78 is 0. The van der Waals surface area contributed by atoms with Crippen LogP contribution in [0.5, 0.6) is 0 Å². The summed E-state index contributed by atoms with van der Waals surface area (Å²) in [4.78, 5) is 22.9. The van der Waals surface area contributed by atoms with Gasteiger partial charge in [0.25, 0.3) is 5.91 Å². The lowest BCUT2D eigenvalue weighted by atomic mass is 10.2. The molecule has 0 heterocycles. The van der Waals surface area contributed by atoms with E-state index in [0.717, 1.165) is 0 Å². The maximum absolute atomic E-state index is 12.0. The van der Waals surface area contributed by atoms with Gasteiger partial charge in [-0.25, -0.2) is 5.43 Å². The molecule has 7 heteroatoms. The van der Waals surface area contributed by atoms with Crippen LogP contribution in [0.4, 0.5) is 5.69 Å². The van der Waals surface area contributed by atoms with Crippen molar-refractivity contribution in [1.29, 1.82) is 0 Å². The lowest BCUT2D eigenvalue weighted by Gasteiger charge is -2.04. The van der Waals surface area contributed by atoms with E-state index in [1.165, 1.54) is 13.1 Å². The van der Waals surface area contributed by atoms with E-state index < -0.39 is 0 Å². The summed E-state index contributed by atoms with van der Waals surface area (Å²) in [5.41, 5.74) is 3.93. The highest BCUT2D eigenvalue weighted by Gasteiger charge is 2.05. The van der Waals surface area contributed by atoms with E-state index in [1.807, 2.05) is 0 Å². The van der Waals surface area contributed by atoms with Crippen LogP contribution in [0, 0.1) is 0 Å². The Balaban J connectivity index is 2.02. The van der Waals surface area contributed by atoms with Crippen LogP contribution < -0.4 is 10.7 Å². The molecule has 0 bridgehead atoms. The molecule has 0 radical (unpaired) electrons. The summed E-state index contributed by atoms with van der Waals surface area (Å²) in [6.07, 6.45) is 1.38. The van der Waals surface area contributed by atoms with Crippen LogP contribution in [-0.2, 0) is 4.79 Å². The van der Waals surface area contributed by atoms with Crippen molar-refractivity contribution in [2.75, 3.05) is 5.32 Å². The molecule has 23 heavy (non-hydrogen) atoms. The summed E-state index contributed by atoms with van der Waals surface area (Å²) in [6, 6.07) is 11.5. The number of hydrogen-bond acceptors (Lipinski definition) is 3. The number of benzene rings is 2. The van der Waals surface area contributed by atoms with E-state index >= 15 is 0 Å². The van der Waals surface area contributed by atoms with Gasteiger partial charge in [0.1, 0.15) is 0 Å². The molecule has 2 aromatic carbocycles. The first-order chi connectivity index (χ1) is 11.0. The third-order valence-corrected chi connectivity index (χ3v) is 3.49. The van der Waals surface area contributed by atoms with Gasteiger partial charge in [0.2, 0.25) is 5.91 Å². The third-order valence-electron chi connectivity index (χ3n) is 2.83. The molecule has 0 aliphatic heterocycles. The van der Waals surface area contributed by atoms with Crippen LogP contribution in [0.25, 0.3) is 0 Å². The van der Waals surface area contributed by atoms with Gasteiger partial charge in [-0.1, -0.05) is 29.3 Å². The van der Waals surface area contributed by atoms with E-state index in [0.29, 0.717) is 26.9 Å². The number of carbonyl (C=O) groups is 2. The minimum Gasteiger partial charge on any atom is -0.326 e. The van der Waals surface area contributed by atoms with E-state index in [1.54, 1.807) is 42.5 Å². The van der Waals surface area contributed by atoms with Gasteiger partial charge >= 0.3 is 0 Å². The van der Waals surface area contributed by atoms with Crippen LogP contribution in [0.15, 0.2) is 47.6 Å². The van der Waals surface area contributed by atoms with Crippen molar-refractivity contribution in [1.82, 2.24) is 5.43 Å². The van der Waals surface area contributed by atoms with Crippen molar-refractivity contribution in [3.05, 3.63) is 63.6 Å². The normalized spacial score (nSPS) is 10.6. The molecule has 0 aliphatic rings. The second kappa shape index (κ2) is 7.76. The second-order valence-corrected chi connectivity index (χ2v) is 5.41. The third kappa shape index (κ3) is 4.81. The van der Waals surface area contributed by atoms with Crippen molar-refractivity contribution in [3.63, 3.8) is 0 Å². The summed E-state index contributed by atoms with van der Waals surface area (Å²) in [7, 11) is 0. The lowest BCUT2D eigenvalue weighted by Crippen LogP contribution is -2.17. The SMILES string of the molecule is CC(=O)Nc1ccc(C(=O)NN=Cc2c(Cl)cccc2Cl)cc1. The molecular weight excluding hydrogens is 337 g/mol. The van der Waals surface area contributed by atoms with Gasteiger partial charge in [-0.05, 0) is 36.4 Å². The van der Waals surface area contributed by atoms with E-state index in [2.05, 4.69) is 15.8 Å². The predicted octanol–water partition coefficient (Wildman–Crippen LogP) is 3.72. The first-order valence-corrected chi connectivity index (χ1v) is 7.38. The molecule has 2 rings (SSSR count). The Kier molecular flexibility index (Phi) is 5.73. The molecule has 0 aromatic heterocycles. The molecule has 0 unspecified atom stereocenters. The van der Waals surface area contributed by atoms with Crippen molar-refractivity contribution in [2.24, 2.45) is 5.10 Å². The van der Waals surface area contributed by atoms with Gasteiger partial charge in [-0.15, -0.1) is 0 Å². The zero-order chi connectivity index (χ0) is 16.8. The molecule has 2 N–H and O–H groups in total. The fraction of sp³-hybridized carbons (Fsp3) is 0.0625. The molecule has 5 nitrogen and oxygen atoms in total. The Morgan fingerprint density at radius 3 is 2.22 bits per heavy atom. The molecule has 0 saturated carbocycles. The molecule has 2 amide bonds. The molecule has 0 atom stereocenters. The minimum atomic E-state index is -0.390. The van der Waals surface area contributed by atoms with Gasteiger partial charge in [0.05, 0.1) is 16.3 Å². The van der Waals surface area contributed by atoms with Gasteiger partial charge in [0, 0.05) is 23.7 Å². The van der Waals surface area contributed by atoms with Crippen molar-refractivity contribution < 1.29 is 9.59 Å². The van der Waals surface area contributed by atoms with Crippen LogP contribution in [0.3, 0.4) is 0 Å². The highest BCUT2D eigenvalue weighted by molar-refractivity contribution is 6.38. The Morgan fingerprint density at radius 2 is 1.65 bits per heavy atom. The molecule has 0 aliphatic carbocycles. The molecular formula is C16H13Cl2N3O2. The molecule has 0 fully saturated rings. The summed E-state index contributed by atoms with van der Waals surface area (Å²) in [5.74, 6) is -0.567. The number of nitrogens with zero attached hydrogens (tertiary/aromatic N) is 1. The fourth-order valence-electron chi connectivity index (χ4n) is 1.76. The second-order valence-electron chi connectivity index (χ2n) is 4.59. The average molecular weight is 350 g/mol. The first-order valence-electron chi connectivity index (χ1n) is 6.62. The number of hydrogen-bond donors (Lipinski definition) is 2. The predicted molar refractivity (Wildman–Crippen MR) is 92.3 cm³/mol. The van der Waals surface area contributed by atoms with E-state index in [9.17, 15) is 9.59 Å². The maximum atomic E-state index is 12.0. The fourth-order valence-corrected chi connectivity index (χ4v) is 2.26. The van der Waals surface area contributed by atoms with Crippen LogP contribution in [0.1, 0.15) is 22.8 Å². The van der Waals surface area contributed by atoms with Crippen molar-refractivity contribution in [2.45, 2.75) is 6.92 Å². The summed E-state index contributed by atoms with van der Waals surface area (Å²) >= 11 is 12.0. The quantitative estimate of drug-likeness (QED) is 0.652. The molecule has 0 spiro atoms. The van der Waals surface area contributed by atoms with Crippen molar-refractivity contribution >= 4 is 46.9 Å². The number of halogens is 2. The monoisotopic (exact) mass is 349 g/mol. The maximum Gasteiger partial charge on any atom is 0.271 e. The number of amides is 2.